The number of nitrogens with zero attached hydrogens (tertiary/aromatic N) is 2. The second kappa shape index (κ2) is 10.4. The van der Waals surface area contributed by atoms with Crippen molar-refractivity contribution in [2.24, 2.45) is 0 Å². The summed E-state index contributed by atoms with van der Waals surface area (Å²) >= 11 is 12.9. The van der Waals surface area contributed by atoms with Gasteiger partial charge in [0.2, 0.25) is 11.8 Å². The van der Waals surface area contributed by atoms with Gasteiger partial charge < -0.3 is 14.6 Å². The summed E-state index contributed by atoms with van der Waals surface area (Å²) in [6, 6.07) is 18.9. The predicted octanol–water partition coefficient (Wildman–Crippen LogP) is 7.60. The first-order valence-electron chi connectivity index (χ1n) is 12.9. The zero-order chi connectivity index (χ0) is 26.1. The molecule has 0 bridgehead atoms. The van der Waals surface area contributed by atoms with E-state index >= 15 is 0 Å². The molecule has 1 saturated carbocycles. The fourth-order valence-corrected chi connectivity index (χ4v) is 6.00. The highest BCUT2D eigenvalue weighted by molar-refractivity contribution is 6.33. The van der Waals surface area contributed by atoms with Gasteiger partial charge in [-0.05, 0) is 55.5 Å². The summed E-state index contributed by atoms with van der Waals surface area (Å²) in [6.45, 7) is 0. The minimum Gasteiger partial charge on any atom is -0.471 e. The van der Waals surface area contributed by atoms with E-state index in [2.05, 4.69) is 16.5 Å². The van der Waals surface area contributed by atoms with E-state index in [0.29, 0.717) is 28.1 Å². The molecule has 1 aliphatic carbocycles. The van der Waals surface area contributed by atoms with Crippen LogP contribution in [0.3, 0.4) is 0 Å². The van der Waals surface area contributed by atoms with Gasteiger partial charge in [0.1, 0.15) is 11.4 Å². The highest BCUT2D eigenvalue weighted by atomic mass is 35.5. The molecule has 38 heavy (non-hydrogen) atoms. The number of hydrogen-bond acceptors (Lipinski definition) is 5. The number of fused-ring (bicyclic) bond motifs is 1. The van der Waals surface area contributed by atoms with E-state index in [1.165, 1.54) is 6.42 Å². The first-order chi connectivity index (χ1) is 18.5. The largest absolute Gasteiger partial charge is 0.471 e. The van der Waals surface area contributed by atoms with E-state index < -0.39 is 0 Å². The number of ether oxygens (including phenoxy) is 1. The number of carbonyl (C=O) groups excluding carboxylic acids is 1. The first kappa shape index (κ1) is 25.0. The molecule has 1 atom stereocenters. The molecule has 1 fully saturated rings. The smallest absolute Gasteiger partial charge is 0.228 e. The standard InChI is InChI=1S/C30H27Cl2N3O3/c31-20-10-8-19(9-11-20)23-17-24-26(34-27(36)16-21-12-15-33-38-21)18-30(13-4-1-5-14-30)37-29(24)35-28(23)22-6-2-3-7-25(22)32/h2-3,6-12,15,17,26H,1,4-5,13-14,16,18H2,(H,34,36). The van der Waals surface area contributed by atoms with Crippen molar-refractivity contribution >= 4 is 29.1 Å². The molecule has 1 amide bonds. The Hall–Kier alpha value is -3.35. The number of nitrogens with one attached hydrogen (secondary N) is 1. The molecule has 1 unspecified atom stereocenters. The fraction of sp³-hybridized carbons (Fsp3) is 0.300. The van der Waals surface area contributed by atoms with Gasteiger partial charge in [0, 0.05) is 39.2 Å². The Labute approximate surface area is 231 Å². The monoisotopic (exact) mass is 547 g/mol. The number of pyridine rings is 1. The van der Waals surface area contributed by atoms with Crippen molar-refractivity contribution in [3.63, 3.8) is 0 Å². The summed E-state index contributed by atoms with van der Waals surface area (Å²) in [4.78, 5) is 18.2. The van der Waals surface area contributed by atoms with Crippen LogP contribution in [-0.4, -0.2) is 21.6 Å². The quantitative estimate of drug-likeness (QED) is 0.278. The highest BCUT2D eigenvalue weighted by Crippen LogP contribution is 2.48. The van der Waals surface area contributed by atoms with Crippen LogP contribution in [-0.2, 0) is 11.2 Å². The Morgan fingerprint density at radius 1 is 1.00 bits per heavy atom. The summed E-state index contributed by atoms with van der Waals surface area (Å²) in [7, 11) is 0. The molecule has 2 aliphatic rings. The summed E-state index contributed by atoms with van der Waals surface area (Å²) in [5.74, 6) is 0.945. The fourth-order valence-electron chi connectivity index (χ4n) is 5.65. The number of aromatic nitrogens is 2. The van der Waals surface area contributed by atoms with E-state index in [4.69, 9.17) is 37.4 Å². The van der Waals surface area contributed by atoms with Crippen LogP contribution in [0.25, 0.3) is 22.4 Å². The van der Waals surface area contributed by atoms with Crippen LogP contribution in [0.4, 0.5) is 0 Å². The van der Waals surface area contributed by atoms with Gasteiger partial charge in [-0.3, -0.25) is 4.79 Å². The summed E-state index contributed by atoms with van der Waals surface area (Å²) in [5, 5.41) is 8.23. The number of benzene rings is 2. The number of carbonyl (C=O) groups is 1. The van der Waals surface area contributed by atoms with Crippen LogP contribution in [0.5, 0.6) is 5.88 Å². The summed E-state index contributed by atoms with van der Waals surface area (Å²) in [5.41, 5.74) is 3.89. The van der Waals surface area contributed by atoms with Crippen LogP contribution < -0.4 is 10.1 Å². The van der Waals surface area contributed by atoms with Crippen molar-refractivity contribution in [1.29, 1.82) is 0 Å². The zero-order valence-electron chi connectivity index (χ0n) is 20.8. The summed E-state index contributed by atoms with van der Waals surface area (Å²) in [6.07, 6.45) is 7.59. The Balaban J connectivity index is 1.47. The Morgan fingerprint density at radius 2 is 1.79 bits per heavy atom. The van der Waals surface area contributed by atoms with Crippen molar-refractivity contribution in [2.45, 2.75) is 56.6 Å². The van der Waals surface area contributed by atoms with Gasteiger partial charge in [-0.1, -0.05) is 65.1 Å². The lowest BCUT2D eigenvalue weighted by molar-refractivity contribution is -0.122. The third-order valence-corrected chi connectivity index (χ3v) is 8.07. The maximum absolute atomic E-state index is 13.1. The third-order valence-electron chi connectivity index (χ3n) is 7.49. The van der Waals surface area contributed by atoms with Crippen LogP contribution in [0, 0.1) is 0 Å². The van der Waals surface area contributed by atoms with Gasteiger partial charge in [0.25, 0.3) is 0 Å². The normalized spacial score (nSPS) is 18.0. The lowest BCUT2D eigenvalue weighted by Crippen LogP contribution is -2.47. The molecule has 2 aromatic heterocycles. The molecule has 6 nitrogen and oxygen atoms in total. The number of amides is 1. The molecule has 0 saturated heterocycles. The van der Waals surface area contributed by atoms with Crippen molar-refractivity contribution in [3.05, 3.63) is 88.2 Å². The minimum atomic E-state index is -0.359. The Kier molecular flexibility index (Phi) is 6.85. The zero-order valence-corrected chi connectivity index (χ0v) is 22.3. The molecule has 1 N–H and O–H groups in total. The number of halogens is 2. The summed E-state index contributed by atoms with van der Waals surface area (Å²) < 4.78 is 11.9. The average Bonchev–Trinajstić information content (AvgIpc) is 3.42. The molecule has 2 aromatic carbocycles. The Bertz CT molecular complexity index is 1450. The van der Waals surface area contributed by atoms with Crippen molar-refractivity contribution < 1.29 is 14.1 Å². The lowest BCUT2D eigenvalue weighted by atomic mass is 9.77. The van der Waals surface area contributed by atoms with Gasteiger partial charge in [0.05, 0.1) is 24.4 Å². The first-order valence-corrected chi connectivity index (χ1v) is 13.7. The molecule has 6 rings (SSSR count). The van der Waals surface area contributed by atoms with Gasteiger partial charge in [-0.25, -0.2) is 4.98 Å². The third kappa shape index (κ3) is 5.03. The van der Waals surface area contributed by atoms with Crippen molar-refractivity contribution in [2.75, 3.05) is 0 Å². The molecule has 8 heteroatoms. The average molecular weight is 548 g/mol. The molecule has 1 spiro atoms. The van der Waals surface area contributed by atoms with E-state index in [9.17, 15) is 4.79 Å². The topological polar surface area (TPSA) is 77.2 Å². The SMILES string of the molecule is O=C(Cc1ccno1)NC1CC2(CCCCC2)Oc2nc(-c3ccccc3Cl)c(-c3ccc(Cl)cc3)cc21. The van der Waals surface area contributed by atoms with Crippen LogP contribution >= 0.6 is 23.2 Å². The van der Waals surface area contributed by atoms with Crippen molar-refractivity contribution in [1.82, 2.24) is 15.5 Å². The van der Waals surface area contributed by atoms with Crippen LogP contribution in [0.1, 0.15) is 55.9 Å². The minimum absolute atomic E-state index is 0.120. The highest BCUT2D eigenvalue weighted by Gasteiger charge is 2.43. The van der Waals surface area contributed by atoms with Gasteiger partial charge in [-0.2, -0.15) is 0 Å². The second-order valence-corrected chi connectivity index (χ2v) is 10.9. The van der Waals surface area contributed by atoms with E-state index in [1.54, 1.807) is 12.3 Å². The van der Waals surface area contributed by atoms with E-state index in [1.807, 2.05) is 48.5 Å². The van der Waals surface area contributed by atoms with Gasteiger partial charge in [-0.15, -0.1) is 0 Å². The second-order valence-electron chi connectivity index (χ2n) is 10.1. The van der Waals surface area contributed by atoms with Gasteiger partial charge >= 0.3 is 0 Å². The number of hydrogen-bond donors (Lipinski definition) is 1. The van der Waals surface area contributed by atoms with Crippen LogP contribution in [0.15, 0.2) is 71.4 Å². The molecular formula is C30H27Cl2N3O3. The van der Waals surface area contributed by atoms with Crippen LogP contribution in [0.2, 0.25) is 10.0 Å². The molecule has 3 heterocycles. The predicted molar refractivity (Wildman–Crippen MR) is 147 cm³/mol. The lowest BCUT2D eigenvalue weighted by Gasteiger charge is -2.44. The molecule has 4 aromatic rings. The van der Waals surface area contributed by atoms with E-state index in [0.717, 1.165) is 53.6 Å². The van der Waals surface area contributed by atoms with Gasteiger partial charge in [0.15, 0.2) is 0 Å². The number of rotatable bonds is 5. The maximum Gasteiger partial charge on any atom is 0.228 e. The Morgan fingerprint density at radius 3 is 2.53 bits per heavy atom. The molecule has 0 radical (unpaired) electrons. The maximum atomic E-state index is 13.1. The molecule has 1 aliphatic heterocycles. The van der Waals surface area contributed by atoms with Crippen molar-refractivity contribution in [3.8, 4) is 28.3 Å². The molecular weight excluding hydrogens is 521 g/mol. The van der Waals surface area contributed by atoms with E-state index in [-0.39, 0.29) is 24.0 Å². The molecule has 194 valence electrons.